The van der Waals surface area contributed by atoms with Crippen molar-refractivity contribution in [2.45, 2.75) is 12.0 Å². The number of allylic oxidation sites excluding steroid dienone is 2. The molecule has 0 bridgehead atoms. The van der Waals surface area contributed by atoms with Crippen molar-refractivity contribution in [3.8, 4) is 27.9 Å². The lowest BCUT2D eigenvalue weighted by atomic mass is 9.75. The van der Waals surface area contributed by atoms with Crippen LogP contribution < -0.4 is 4.90 Å². The third-order valence-electron chi connectivity index (χ3n) is 12.8. The molecule has 0 fully saturated rings. The van der Waals surface area contributed by atoms with Crippen molar-refractivity contribution in [3.05, 3.63) is 254 Å². The second-order valence-electron chi connectivity index (χ2n) is 16.4. The Labute approximate surface area is 371 Å². The molecule has 2 heterocycles. The molecule has 0 amide bonds. The lowest BCUT2D eigenvalue weighted by molar-refractivity contribution is 0.705. The van der Waals surface area contributed by atoms with Gasteiger partial charge < -0.3 is 9.47 Å². The molecule has 0 saturated carbocycles. The Morgan fingerprint density at radius 1 is 0.429 bits per heavy atom. The van der Waals surface area contributed by atoms with Crippen molar-refractivity contribution < 1.29 is 0 Å². The fourth-order valence-electron chi connectivity index (χ4n) is 10.1. The van der Waals surface area contributed by atoms with Crippen LogP contribution in [-0.2, 0) is 0 Å². The van der Waals surface area contributed by atoms with Crippen LogP contribution in [0.4, 0.5) is 11.4 Å². The Balaban J connectivity index is 1.09. The molecular formula is C60H42N2S. The van der Waals surface area contributed by atoms with Gasteiger partial charge in [-0.1, -0.05) is 188 Å². The van der Waals surface area contributed by atoms with Gasteiger partial charge in [0.15, 0.2) is 0 Å². The number of para-hydroxylation sites is 2. The number of hydrogen-bond donors (Lipinski definition) is 0. The summed E-state index contributed by atoms with van der Waals surface area (Å²) < 4.78 is 5.00. The van der Waals surface area contributed by atoms with E-state index >= 15 is 0 Å². The first kappa shape index (κ1) is 37.1. The molecule has 11 aromatic rings. The second-order valence-corrected chi connectivity index (χ2v) is 17.5. The Morgan fingerprint density at radius 3 is 1.89 bits per heavy atom. The van der Waals surface area contributed by atoms with Crippen LogP contribution >= 0.6 is 11.3 Å². The highest BCUT2D eigenvalue weighted by Crippen LogP contribution is 2.48. The van der Waals surface area contributed by atoms with E-state index in [9.17, 15) is 0 Å². The molecule has 9 aromatic carbocycles. The minimum absolute atomic E-state index is 0.0113. The van der Waals surface area contributed by atoms with E-state index in [2.05, 4.69) is 252 Å². The molecule has 63 heavy (non-hydrogen) atoms. The van der Waals surface area contributed by atoms with E-state index in [1.54, 1.807) is 0 Å². The van der Waals surface area contributed by atoms with Gasteiger partial charge in [-0.15, -0.1) is 11.3 Å². The number of aromatic nitrogens is 1. The first-order chi connectivity index (χ1) is 31.3. The Hall–Kier alpha value is -7.72. The van der Waals surface area contributed by atoms with Gasteiger partial charge >= 0.3 is 0 Å². The Morgan fingerprint density at radius 2 is 1.05 bits per heavy atom. The van der Waals surface area contributed by atoms with E-state index in [4.69, 9.17) is 0 Å². The largest absolute Gasteiger partial charge is 0.333 e. The third-order valence-corrected chi connectivity index (χ3v) is 14.0. The molecule has 2 unspecified atom stereocenters. The minimum atomic E-state index is -0.0760. The number of hydrogen-bond acceptors (Lipinski definition) is 2. The summed E-state index contributed by atoms with van der Waals surface area (Å²) in [6.45, 7) is 0. The van der Waals surface area contributed by atoms with E-state index < -0.39 is 0 Å². The maximum Gasteiger partial charge on any atom is 0.0635 e. The molecule has 2 atom stereocenters. The highest BCUT2D eigenvalue weighted by atomic mass is 32.1. The van der Waals surface area contributed by atoms with E-state index in [-0.39, 0.29) is 12.0 Å². The molecule has 1 aliphatic rings. The van der Waals surface area contributed by atoms with Crippen LogP contribution in [0.2, 0.25) is 0 Å². The second kappa shape index (κ2) is 15.6. The predicted octanol–water partition coefficient (Wildman–Crippen LogP) is 16.4. The summed E-state index contributed by atoms with van der Waals surface area (Å²) in [5.74, 6) is -0.0113. The zero-order valence-electron chi connectivity index (χ0n) is 34.6. The van der Waals surface area contributed by atoms with Crippen molar-refractivity contribution in [1.82, 2.24) is 4.57 Å². The third kappa shape index (κ3) is 6.40. The molecule has 0 saturated heterocycles. The molecule has 2 aromatic heterocycles. The average molecular weight is 823 g/mol. The lowest BCUT2D eigenvalue weighted by Crippen LogP contribution is -2.37. The van der Waals surface area contributed by atoms with Crippen molar-refractivity contribution in [2.24, 2.45) is 0 Å². The molecular weight excluding hydrogens is 781 g/mol. The smallest absolute Gasteiger partial charge is 0.0635 e. The van der Waals surface area contributed by atoms with E-state index in [0.29, 0.717) is 0 Å². The molecule has 3 heteroatoms. The van der Waals surface area contributed by atoms with Gasteiger partial charge in [0, 0.05) is 53.9 Å². The minimum Gasteiger partial charge on any atom is -0.333 e. The summed E-state index contributed by atoms with van der Waals surface area (Å²) in [6.07, 6.45) is 7.04. The molecule has 1 aliphatic carbocycles. The summed E-state index contributed by atoms with van der Waals surface area (Å²) in [4.78, 5) is 2.61. The van der Waals surface area contributed by atoms with Gasteiger partial charge in [-0.05, 0) is 93.6 Å². The van der Waals surface area contributed by atoms with Crippen LogP contribution in [0.3, 0.4) is 0 Å². The SMILES string of the molecule is C1=CC(N(c2cccc(-c3cccc4c3c3ccccc3n4-c3ccccc3)c2)c2ccc3c(c2)sc2ccccc23)C(c2ccccc2-c2ccccc2)C(c2ccccc2)=C1. The molecule has 0 N–H and O–H groups in total. The lowest BCUT2D eigenvalue weighted by Gasteiger charge is -2.41. The normalized spacial score (nSPS) is 15.0. The highest BCUT2D eigenvalue weighted by molar-refractivity contribution is 7.25. The van der Waals surface area contributed by atoms with E-state index in [1.807, 2.05) is 11.3 Å². The van der Waals surface area contributed by atoms with Gasteiger partial charge in [-0.25, -0.2) is 0 Å². The molecule has 0 radical (unpaired) electrons. The number of fused-ring (bicyclic) bond motifs is 6. The predicted molar refractivity (Wildman–Crippen MR) is 270 cm³/mol. The highest BCUT2D eigenvalue weighted by Gasteiger charge is 2.35. The summed E-state index contributed by atoms with van der Waals surface area (Å²) >= 11 is 1.87. The van der Waals surface area contributed by atoms with Gasteiger partial charge in [0.2, 0.25) is 0 Å². The van der Waals surface area contributed by atoms with Crippen molar-refractivity contribution in [2.75, 3.05) is 4.90 Å². The topological polar surface area (TPSA) is 8.17 Å². The van der Waals surface area contributed by atoms with Gasteiger partial charge in [0.05, 0.1) is 17.1 Å². The van der Waals surface area contributed by atoms with Crippen LogP contribution in [-0.4, -0.2) is 10.6 Å². The first-order valence-electron chi connectivity index (χ1n) is 21.8. The number of thiophene rings is 1. The summed E-state index contributed by atoms with van der Waals surface area (Å²) in [5, 5.41) is 5.11. The van der Waals surface area contributed by atoms with Gasteiger partial charge in [0.25, 0.3) is 0 Å². The van der Waals surface area contributed by atoms with Gasteiger partial charge in [-0.3, -0.25) is 0 Å². The zero-order chi connectivity index (χ0) is 41.7. The molecule has 0 aliphatic heterocycles. The number of nitrogens with zero attached hydrogens (tertiary/aromatic N) is 2. The van der Waals surface area contributed by atoms with Crippen LogP contribution in [0, 0.1) is 0 Å². The van der Waals surface area contributed by atoms with E-state index in [1.165, 1.54) is 80.9 Å². The van der Waals surface area contributed by atoms with Crippen LogP contribution in [0.1, 0.15) is 17.0 Å². The number of benzene rings is 9. The number of anilines is 2. The zero-order valence-corrected chi connectivity index (χ0v) is 35.4. The van der Waals surface area contributed by atoms with Crippen molar-refractivity contribution in [3.63, 3.8) is 0 Å². The van der Waals surface area contributed by atoms with Crippen molar-refractivity contribution in [1.29, 1.82) is 0 Å². The summed E-state index contributed by atoms with van der Waals surface area (Å²) in [6, 6.07) is 82.3. The van der Waals surface area contributed by atoms with Crippen LogP contribution in [0.25, 0.3) is 75.5 Å². The van der Waals surface area contributed by atoms with E-state index in [0.717, 1.165) is 17.1 Å². The first-order valence-corrected chi connectivity index (χ1v) is 22.6. The fraction of sp³-hybridized carbons (Fsp3) is 0.0333. The molecule has 0 spiro atoms. The van der Waals surface area contributed by atoms with Crippen LogP contribution in [0.5, 0.6) is 0 Å². The summed E-state index contributed by atoms with van der Waals surface area (Å²) in [7, 11) is 0. The maximum atomic E-state index is 2.61. The van der Waals surface area contributed by atoms with Crippen molar-refractivity contribution >= 4 is 70.3 Å². The standard InChI is InChI=1S/C60H42N2S/c1-4-19-41(20-5-1)47-27-10-11-29-52(47)59-48(42-21-6-2-7-22-42)31-17-34-55(59)61(46-37-38-51-50-28-13-15-36-57(50)63-58(51)40-46)45-26-16-23-43(39-45)49-32-18-35-56-60(49)53-30-12-14-33-54(53)62(56)44-24-8-3-9-25-44/h1-40,55,59H. The number of rotatable bonds is 8. The summed E-state index contributed by atoms with van der Waals surface area (Å²) in [5.41, 5.74) is 14.6. The fourth-order valence-corrected chi connectivity index (χ4v) is 11.2. The average Bonchev–Trinajstić information content (AvgIpc) is 3.91. The van der Waals surface area contributed by atoms with Gasteiger partial charge in [0.1, 0.15) is 0 Å². The Bertz CT molecular complexity index is 3520. The van der Waals surface area contributed by atoms with Gasteiger partial charge in [-0.2, -0.15) is 0 Å². The molecule has 2 nitrogen and oxygen atoms in total. The maximum absolute atomic E-state index is 2.61. The molecule has 12 rings (SSSR count). The van der Waals surface area contributed by atoms with Crippen LogP contribution in [0.15, 0.2) is 243 Å². The monoisotopic (exact) mass is 822 g/mol. The quantitative estimate of drug-likeness (QED) is 0.148. The molecule has 298 valence electrons. The Kier molecular flexibility index (Phi) is 9.20.